The lowest BCUT2D eigenvalue weighted by molar-refractivity contribution is -0.131. The summed E-state index contributed by atoms with van der Waals surface area (Å²) in [7, 11) is 1.86. The van der Waals surface area contributed by atoms with Crippen LogP contribution in [0.25, 0.3) is 0 Å². The highest BCUT2D eigenvalue weighted by Crippen LogP contribution is 2.07. The number of likely N-dealkylation sites (N-methyl/N-ethyl adjacent to an activating group) is 1. The molecule has 1 aliphatic heterocycles. The van der Waals surface area contributed by atoms with E-state index in [0.29, 0.717) is 19.6 Å². The summed E-state index contributed by atoms with van der Waals surface area (Å²) in [5.41, 5.74) is -0.0687. The number of hydrogen-bond donors (Lipinski definition) is 1. The van der Waals surface area contributed by atoms with Crippen LogP contribution in [-0.4, -0.2) is 75.0 Å². The quantitative estimate of drug-likeness (QED) is 0.758. The fraction of sp³-hybridized carbons (Fsp3) is 0.667. The van der Waals surface area contributed by atoms with Gasteiger partial charge in [-0.05, 0) is 19.9 Å². The average molecular weight is 281 g/mol. The molecule has 0 saturated carbocycles. The van der Waals surface area contributed by atoms with Crippen LogP contribution < -0.4 is 0 Å². The molecule has 1 aliphatic rings. The summed E-state index contributed by atoms with van der Waals surface area (Å²) in [4.78, 5) is 26.4. The normalized spacial score (nSPS) is 15.0. The number of rotatable bonds is 6. The molecule has 1 aromatic heterocycles. The zero-order chi connectivity index (χ0) is 14.5. The smallest absolute Gasteiger partial charge is 0.358 e. The van der Waals surface area contributed by atoms with Crippen molar-refractivity contribution in [1.82, 2.24) is 24.8 Å². The van der Waals surface area contributed by atoms with E-state index in [-0.39, 0.29) is 11.6 Å². The summed E-state index contributed by atoms with van der Waals surface area (Å²) in [6, 6.07) is 0. The standard InChI is InChI=1S/C12H19N5O3/c1-15(9-11(18)16-4-2-3-5-16)6-7-17-8-10(12(19)20)13-14-17/h8H,2-7,9H2,1H3,(H,19,20). The Morgan fingerprint density at radius 2 is 2.10 bits per heavy atom. The van der Waals surface area contributed by atoms with E-state index < -0.39 is 5.97 Å². The van der Waals surface area contributed by atoms with E-state index in [4.69, 9.17) is 5.11 Å². The van der Waals surface area contributed by atoms with Crippen molar-refractivity contribution in [2.45, 2.75) is 19.4 Å². The summed E-state index contributed by atoms with van der Waals surface area (Å²) < 4.78 is 1.47. The molecule has 110 valence electrons. The zero-order valence-corrected chi connectivity index (χ0v) is 11.5. The number of aromatic nitrogens is 3. The topological polar surface area (TPSA) is 91.6 Å². The molecule has 2 rings (SSSR count). The summed E-state index contributed by atoms with van der Waals surface area (Å²) in [6.07, 6.45) is 3.57. The fourth-order valence-electron chi connectivity index (χ4n) is 2.16. The first-order valence-electron chi connectivity index (χ1n) is 6.66. The van der Waals surface area contributed by atoms with Crippen molar-refractivity contribution in [3.63, 3.8) is 0 Å². The zero-order valence-electron chi connectivity index (χ0n) is 11.5. The maximum Gasteiger partial charge on any atom is 0.358 e. The van der Waals surface area contributed by atoms with Gasteiger partial charge in [0.05, 0.1) is 19.3 Å². The number of hydrogen-bond acceptors (Lipinski definition) is 5. The maximum atomic E-state index is 11.9. The van der Waals surface area contributed by atoms with Gasteiger partial charge in [-0.1, -0.05) is 5.21 Å². The molecular formula is C12H19N5O3. The molecule has 2 heterocycles. The van der Waals surface area contributed by atoms with Crippen LogP contribution in [0.5, 0.6) is 0 Å². The Hall–Kier alpha value is -1.96. The van der Waals surface area contributed by atoms with Gasteiger partial charge >= 0.3 is 5.97 Å². The van der Waals surface area contributed by atoms with Crippen molar-refractivity contribution in [2.24, 2.45) is 0 Å². The van der Waals surface area contributed by atoms with Gasteiger partial charge in [0.15, 0.2) is 5.69 Å². The third kappa shape index (κ3) is 3.77. The third-order valence-corrected chi connectivity index (χ3v) is 3.33. The number of carbonyl (C=O) groups excluding carboxylic acids is 1. The minimum atomic E-state index is -1.09. The van der Waals surface area contributed by atoms with Gasteiger partial charge in [0.1, 0.15) is 0 Å². The molecular weight excluding hydrogens is 262 g/mol. The monoisotopic (exact) mass is 281 g/mol. The molecule has 8 nitrogen and oxygen atoms in total. The number of nitrogens with zero attached hydrogens (tertiary/aromatic N) is 5. The van der Waals surface area contributed by atoms with Crippen LogP contribution in [0.1, 0.15) is 23.3 Å². The number of amides is 1. The van der Waals surface area contributed by atoms with Crippen molar-refractivity contribution >= 4 is 11.9 Å². The molecule has 0 aromatic carbocycles. The molecule has 1 aromatic rings. The van der Waals surface area contributed by atoms with Gasteiger partial charge in [0, 0.05) is 19.6 Å². The third-order valence-electron chi connectivity index (χ3n) is 3.33. The lowest BCUT2D eigenvalue weighted by atomic mass is 10.4. The highest BCUT2D eigenvalue weighted by Gasteiger charge is 2.19. The van der Waals surface area contributed by atoms with E-state index in [9.17, 15) is 9.59 Å². The summed E-state index contributed by atoms with van der Waals surface area (Å²) in [5, 5.41) is 16.0. The van der Waals surface area contributed by atoms with Gasteiger partial charge < -0.3 is 10.0 Å². The second-order valence-electron chi connectivity index (χ2n) is 5.00. The Morgan fingerprint density at radius 1 is 1.40 bits per heavy atom. The van der Waals surface area contributed by atoms with E-state index in [1.165, 1.54) is 10.9 Å². The van der Waals surface area contributed by atoms with E-state index in [1.807, 2.05) is 16.8 Å². The van der Waals surface area contributed by atoms with E-state index in [2.05, 4.69) is 10.3 Å². The Morgan fingerprint density at radius 3 is 2.70 bits per heavy atom. The van der Waals surface area contributed by atoms with Gasteiger partial charge in [0.2, 0.25) is 5.91 Å². The van der Waals surface area contributed by atoms with Crippen LogP contribution >= 0.6 is 0 Å². The Kier molecular flexibility index (Phi) is 4.67. The first kappa shape index (κ1) is 14.4. The largest absolute Gasteiger partial charge is 0.476 e. The number of likely N-dealkylation sites (tertiary alicyclic amines) is 1. The first-order valence-corrected chi connectivity index (χ1v) is 6.66. The second kappa shape index (κ2) is 6.47. The van der Waals surface area contributed by atoms with Crippen LogP contribution in [-0.2, 0) is 11.3 Å². The molecule has 1 N–H and O–H groups in total. The Labute approximate surface area is 117 Å². The van der Waals surface area contributed by atoms with Gasteiger partial charge in [0.25, 0.3) is 0 Å². The maximum absolute atomic E-state index is 11.9. The highest BCUT2D eigenvalue weighted by atomic mass is 16.4. The van der Waals surface area contributed by atoms with Crippen molar-refractivity contribution in [3.8, 4) is 0 Å². The molecule has 0 spiro atoms. The Balaban J connectivity index is 1.75. The molecule has 0 radical (unpaired) electrons. The summed E-state index contributed by atoms with van der Waals surface area (Å²) in [6.45, 7) is 3.21. The molecule has 1 saturated heterocycles. The second-order valence-corrected chi connectivity index (χ2v) is 5.00. The number of carboxylic acids is 1. The fourth-order valence-corrected chi connectivity index (χ4v) is 2.16. The van der Waals surface area contributed by atoms with E-state index in [0.717, 1.165) is 25.9 Å². The minimum absolute atomic E-state index is 0.0687. The van der Waals surface area contributed by atoms with Crippen molar-refractivity contribution in [2.75, 3.05) is 33.2 Å². The highest BCUT2D eigenvalue weighted by molar-refractivity contribution is 5.84. The van der Waals surface area contributed by atoms with Gasteiger partial charge in [-0.25, -0.2) is 4.79 Å². The summed E-state index contributed by atoms with van der Waals surface area (Å²) in [5.74, 6) is -0.941. The lowest BCUT2D eigenvalue weighted by Crippen LogP contribution is -2.38. The van der Waals surface area contributed by atoms with E-state index in [1.54, 1.807) is 0 Å². The number of carbonyl (C=O) groups is 2. The van der Waals surface area contributed by atoms with Gasteiger partial charge in [-0.3, -0.25) is 14.4 Å². The molecule has 8 heteroatoms. The molecule has 0 bridgehead atoms. The summed E-state index contributed by atoms with van der Waals surface area (Å²) >= 11 is 0. The average Bonchev–Trinajstić information content (AvgIpc) is 3.07. The van der Waals surface area contributed by atoms with Crippen LogP contribution in [0.15, 0.2) is 6.20 Å². The number of carboxylic acid groups (broad SMARTS) is 1. The van der Waals surface area contributed by atoms with Crippen molar-refractivity contribution in [3.05, 3.63) is 11.9 Å². The SMILES string of the molecule is CN(CCn1cc(C(=O)O)nn1)CC(=O)N1CCCC1. The molecule has 0 atom stereocenters. The predicted octanol–water partition coefficient (Wildman–Crippen LogP) is -0.469. The molecule has 0 aliphatic carbocycles. The number of aromatic carboxylic acids is 1. The van der Waals surface area contributed by atoms with Crippen LogP contribution in [0.2, 0.25) is 0 Å². The minimum Gasteiger partial charge on any atom is -0.476 e. The lowest BCUT2D eigenvalue weighted by Gasteiger charge is -2.20. The van der Waals surface area contributed by atoms with Crippen LogP contribution in [0.3, 0.4) is 0 Å². The van der Waals surface area contributed by atoms with Gasteiger partial charge in [-0.2, -0.15) is 0 Å². The molecule has 0 unspecified atom stereocenters. The van der Waals surface area contributed by atoms with E-state index >= 15 is 0 Å². The molecule has 1 fully saturated rings. The Bertz CT molecular complexity index is 481. The molecule has 1 amide bonds. The van der Waals surface area contributed by atoms with Crippen LogP contribution in [0.4, 0.5) is 0 Å². The van der Waals surface area contributed by atoms with Crippen LogP contribution in [0, 0.1) is 0 Å². The van der Waals surface area contributed by atoms with Gasteiger partial charge in [-0.15, -0.1) is 5.10 Å². The molecule has 20 heavy (non-hydrogen) atoms. The predicted molar refractivity (Wildman–Crippen MR) is 70.3 cm³/mol. The van der Waals surface area contributed by atoms with Crippen molar-refractivity contribution in [1.29, 1.82) is 0 Å². The van der Waals surface area contributed by atoms with Crippen molar-refractivity contribution < 1.29 is 14.7 Å². The first-order chi connectivity index (χ1) is 9.56.